The maximum Gasteiger partial charge on any atom is 0.258 e. The lowest BCUT2D eigenvalue weighted by Gasteiger charge is -2.08. The summed E-state index contributed by atoms with van der Waals surface area (Å²) in [5.41, 5.74) is 6.58. The number of hydrogen-bond acceptors (Lipinski definition) is 3. The SMILES string of the molecule is Nc1c(Cl)cc(NC(=O)c2cc(Cl)sc2Cl)cc1Cl. The molecule has 0 aliphatic heterocycles. The van der Waals surface area contributed by atoms with Gasteiger partial charge in [-0.1, -0.05) is 46.4 Å². The fraction of sp³-hybridized carbons (Fsp3) is 0. The second kappa shape index (κ2) is 5.77. The van der Waals surface area contributed by atoms with Crippen LogP contribution >= 0.6 is 57.7 Å². The molecule has 0 unspecified atom stereocenters. The van der Waals surface area contributed by atoms with Crippen molar-refractivity contribution in [3.05, 3.63) is 42.5 Å². The standard InChI is InChI=1S/C11H6Cl4N2OS/c12-6-1-4(2-7(13)9(6)16)17-11(18)5-3-8(14)19-10(5)15/h1-3H,16H2,(H,17,18). The molecule has 0 saturated carbocycles. The summed E-state index contributed by atoms with van der Waals surface area (Å²) in [5, 5.41) is 3.14. The zero-order valence-corrected chi connectivity index (χ0v) is 13.0. The lowest BCUT2D eigenvalue weighted by atomic mass is 10.2. The molecule has 1 aromatic carbocycles. The molecule has 0 fully saturated rings. The Morgan fingerprint density at radius 3 is 2.16 bits per heavy atom. The minimum absolute atomic E-state index is 0.261. The summed E-state index contributed by atoms with van der Waals surface area (Å²) in [7, 11) is 0. The highest BCUT2D eigenvalue weighted by molar-refractivity contribution is 7.20. The first-order valence-corrected chi connectivity index (χ1v) is 7.22. The summed E-state index contributed by atoms with van der Waals surface area (Å²) in [6, 6.07) is 4.50. The maximum absolute atomic E-state index is 12.0. The van der Waals surface area contributed by atoms with E-state index in [1.54, 1.807) is 0 Å². The average molecular weight is 356 g/mol. The molecule has 0 atom stereocenters. The minimum Gasteiger partial charge on any atom is -0.396 e. The molecule has 1 aromatic heterocycles. The summed E-state index contributed by atoms with van der Waals surface area (Å²) >= 11 is 24.5. The maximum atomic E-state index is 12.0. The molecular formula is C11H6Cl4N2OS. The van der Waals surface area contributed by atoms with Gasteiger partial charge in [0.25, 0.3) is 5.91 Å². The lowest BCUT2D eigenvalue weighted by Crippen LogP contribution is -2.11. The Morgan fingerprint density at radius 1 is 1.11 bits per heavy atom. The molecule has 1 amide bonds. The Hall–Kier alpha value is -0.650. The number of nitrogens with one attached hydrogen (secondary N) is 1. The number of rotatable bonds is 2. The molecule has 8 heteroatoms. The second-order valence-corrected chi connectivity index (χ2v) is 6.65. The number of nitrogens with two attached hydrogens (primary N) is 1. The van der Waals surface area contributed by atoms with Gasteiger partial charge in [-0.3, -0.25) is 4.79 Å². The molecule has 19 heavy (non-hydrogen) atoms. The number of hydrogen-bond donors (Lipinski definition) is 2. The van der Waals surface area contributed by atoms with Crippen molar-refractivity contribution >= 4 is 75.0 Å². The third kappa shape index (κ3) is 3.27. The molecule has 0 radical (unpaired) electrons. The van der Waals surface area contributed by atoms with Crippen LogP contribution in [0.4, 0.5) is 11.4 Å². The summed E-state index contributed by atoms with van der Waals surface area (Å²) in [5.74, 6) is -0.398. The number of thiophene rings is 1. The van der Waals surface area contributed by atoms with Gasteiger partial charge in [0.15, 0.2) is 0 Å². The minimum atomic E-state index is -0.398. The van der Waals surface area contributed by atoms with Gasteiger partial charge >= 0.3 is 0 Å². The first-order chi connectivity index (χ1) is 8.88. The molecule has 2 aromatic rings. The van der Waals surface area contributed by atoms with Gasteiger partial charge in [0.2, 0.25) is 0 Å². The van der Waals surface area contributed by atoms with Gasteiger partial charge in [0, 0.05) is 5.69 Å². The van der Waals surface area contributed by atoms with Crippen molar-refractivity contribution in [3.8, 4) is 0 Å². The van der Waals surface area contributed by atoms with E-state index in [1.165, 1.54) is 18.2 Å². The number of benzene rings is 1. The third-order valence-electron chi connectivity index (χ3n) is 2.24. The predicted molar refractivity (Wildman–Crippen MR) is 83.2 cm³/mol. The van der Waals surface area contributed by atoms with Crippen molar-refractivity contribution in [2.75, 3.05) is 11.1 Å². The summed E-state index contributed by atoms with van der Waals surface area (Å²) < 4.78 is 0.749. The Balaban J connectivity index is 2.27. The van der Waals surface area contributed by atoms with E-state index in [-0.39, 0.29) is 15.7 Å². The highest BCUT2D eigenvalue weighted by Crippen LogP contribution is 2.33. The highest BCUT2D eigenvalue weighted by atomic mass is 35.5. The molecule has 0 aliphatic carbocycles. The second-order valence-electron chi connectivity index (χ2n) is 3.55. The van der Waals surface area contributed by atoms with Crippen LogP contribution < -0.4 is 11.1 Å². The van der Waals surface area contributed by atoms with Crippen molar-refractivity contribution in [1.29, 1.82) is 0 Å². The van der Waals surface area contributed by atoms with Crippen LogP contribution in [0.5, 0.6) is 0 Å². The first-order valence-electron chi connectivity index (χ1n) is 4.89. The highest BCUT2D eigenvalue weighted by Gasteiger charge is 2.15. The van der Waals surface area contributed by atoms with Crippen LogP contribution in [-0.2, 0) is 0 Å². The zero-order chi connectivity index (χ0) is 14.2. The molecule has 0 bridgehead atoms. The monoisotopic (exact) mass is 354 g/mol. The molecule has 0 saturated heterocycles. The van der Waals surface area contributed by atoms with Crippen molar-refractivity contribution in [2.24, 2.45) is 0 Å². The predicted octanol–water partition coefficient (Wildman–Crippen LogP) is 5.20. The van der Waals surface area contributed by atoms with Crippen LogP contribution in [0.2, 0.25) is 18.7 Å². The molecular weight excluding hydrogens is 350 g/mol. The van der Waals surface area contributed by atoms with Crippen LogP contribution in [0.25, 0.3) is 0 Å². The Labute approximate surface area is 133 Å². The lowest BCUT2D eigenvalue weighted by molar-refractivity contribution is 0.102. The number of amides is 1. The summed E-state index contributed by atoms with van der Waals surface area (Å²) in [6.45, 7) is 0. The van der Waals surface area contributed by atoms with Crippen molar-refractivity contribution in [3.63, 3.8) is 0 Å². The fourth-order valence-corrected chi connectivity index (χ4v) is 3.30. The molecule has 100 valence electrons. The van der Waals surface area contributed by atoms with E-state index in [1.807, 2.05) is 0 Å². The van der Waals surface area contributed by atoms with E-state index in [0.29, 0.717) is 19.9 Å². The Kier molecular flexibility index (Phi) is 4.48. The molecule has 0 aliphatic rings. The number of anilines is 2. The summed E-state index contributed by atoms with van der Waals surface area (Å²) in [4.78, 5) is 12.0. The average Bonchev–Trinajstić information content (AvgIpc) is 2.65. The number of nitrogen functional groups attached to an aromatic ring is 1. The topological polar surface area (TPSA) is 55.1 Å². The zero-order valence-electron chi connectivity index (χ0n) is 9.14. The smallest absolute Gasteiger partial charge is 0.258 e. The Morgan fingerprint density at radius 2 is 1.68 bits per heavy atom. The van der Waals surface area contributed by atoms with E-state index in [0.717, 1.165) is 11.3 Å². The van der Waals surface area contributed by atoms with Crippen LogP contribution in [0, 0.1) is 0 Å². The van der Waals surface area contributed by atoms with Crippen LogP contribution in [0.3, 0.4) is 0 Å². The third-order valence-corrected chi connectivity index (χ3v) is 4.35. The van der Waals surface area contributed by atoms with E-state index in [9.17, 15) is 4.79 Å². The van der Waals surface area contributed by atoms with E-state index in [4.69, 9.17) is 52.1 Å². The van der Waals surface area contributed by atoms with Gasteiger partial charge in [-0.25, -0.2) is 0 Å². The largest absolute Gasteiger partial charge is 0.396 e. The Bertz CT molecular complexity index is 633. The molecule has 2 rings (SSSR count). The summed E-state index contributed by atoms with van der Waals surface area (Å²) in [6.07, 6.45) is 0. The molecule has 1 heterocycles. The van der Waals surface area contributed by atoms with Crippen LogP contribution in [0.1, 0.15) is 10.4 Å². The van der Waals surface area contributed by atoms with E-state index < -0.39 is 5.91 Å². The van der Waals surface area contributed by atoms with Crippen molar-refractivity contribution < 1.29 is 4.79 Å². The van der Waals surface area contributed by atoms with Gasteiger partial charge in [-0.05, 0) is 18.2 Å². The quantitative estimate of drug-likeness (QED) is 0.727. The van der Waals surface area contributed by atoms with Crippen LogP contribution in [0.15, 0.2) is 18.2 Å². The fourth-order valence-electron chi connectivity index (χ4n) is 1.35. The van der Waals surface area contributed by atoms with Crippen molar-refractivity contribution in [1.82, 2.24) is 0 Å². The van der Waals surface area contributed by atoms with Crippen LogP contribution in [-0.4, -0.2) is 5.91 Å². The number of halogens is 4. The molecule has 3 nitrogen and oxygen atoms in total. The van der Waals surface area contributed by atoms with Gasteiger partial charge in [0.1, 0.15) is 4.34 Å². The van der Waals surface area contributed by atoms with Crippen molar-refractivity contribution in [2.45, 2.75) is 0 Å². The van der Waals surface area contributed by atoms with Gasteiger partial charge < -0.3 is 11.1 Å². The van der Waals surface area contributed by atoms with E-state index in [2.05, 4.69) is 5.32 Å². The molecule has 0 spiro atoms. The first kappa shape index (κ1) is 14.8. The van der Waals surface area contributed by atoms with Gasteiger partial charge in [-0.15, -0.1) is 11.3 Å². The van der Waals surface area contributed by atoms with Gasteiger partial charge in [-0.2, -0.15) is 0 Å². The molecule has 3 N–H and O–H groups in total. The number of carbonyl (C=O) groups is 1. The normalized spacial score (nSPS) is 10.5. The van der Waals surface area contributed by atoms with Gasteiger partial charge in [0.05, 0.1) is 25.6 Å². The van der Waals surface area contributed by atoms with E-state index >= 15 is 0 Å². The number of carbonyl (C=O) groups excluding carboxylic acids is 1.